The molecular formula is C32H42N4O6. The predicted octanol–water partition coefficient (Wildman–Crippen LogP) is 2.26. The summed E-state index contributed by atoms with van der Waals surface area (Å²) in [4.78, 5) is 26.8. The van der Waals surface area contributed by atoms with Crippen molar-refractivity contribution in [1.29, 1.82) is 0 Å². The maximum atomic E-state index is 13.7. The molecule has 0 fully saturated rings. The molecule has 0 saturated carbocycles. The number of benzene rings is 3. The minimum atomic E-state index is -1.26. The summed E-state index contributed by atoms with van der Waals surface area (Å²) in [5, 5.41) is 30.3. The number of aliphatic hydroxyl groups is 1. The molecule has 0 aliphatic heterocycles. The van der Waals surface area contributed by atoms with E-state index in [1.807, 2.05) is 68.4 Å². The summed E-state index contributed by atoms with van der Waals surface area (Å²) in [6.45, 7) is 3.92. The van der Waals surface area contributed by atoms with Crippen molar-refractivity contribution in [1.82, 2.24) is 16.0 Å². The van der Waals surface area contributed by atoms with Gasteiger partial charge in [0.1, 0.15) is 29.3 Å². The molecule has 10 nitrogen and oxygen atoms in total. The Bertz CT molecular complexity index is 1300. The van der Waals surface area contributed by atoms with Crippen LogP contribution in [0.5, 0.6) is 17.2 Å². The van der Waals surface area contributed by atoms with E-state index in [1.165, 1.54) is 13.2 Å². The van der Waals surface area contributed by atoms with Crippen LogP contribution < -0.4 is 31.2 Å². The summed E-state index contributed by atoms with van der Waals surface area (Å²) in [6, 6.07) is 18.9. The van der Waals surface area contributed by atoms with E-state index in [0.29, 0.717) is 23.5 Å². The first kappa shape index (κ1) is 32.4. The van der Waals surface area contributed by atoms with E-state index in [4.69, 9.17) is 15.2 Å². The number of aromatic hydroxyl groups is 1. The number of nitrogens with one attached hydrogen (secondary N) is 3. The van der Waals surface area contributed by atoms with Gasteiger partial charge in [-0.15, -0.1) is 0 Å². The molecule has 3 aromatic carbocycles. The van der Waals surface area contributed by atoms with Gasteiger partial charge in [0.2, 0.25) is 11.8 Å². The Labute approximate surface area is 247 Å². The van der Waals surface area contributed by atoms with Crippen molar-refractivity contribution >= 4 is 11.8 Å². The van der Waals surface area contributed by atoms with Gasteiger partial charge in [0.05, 0.1) is 20.3 Å². The van der Waals surface area contributed by atoms with Gasteiger partial charge in [-0.2, -0.15) is 0 Å². The van der Waals surface area contributed by atoms with Gasteiger partial charge in [-0.3, -0.25) is 14.9 Å². The van der Waals surface area contributed by atoms with Crippen LogP contribution in [-0.4, -0.2) is 60.5 Å². The summed E-state index contributed by atoms with van der Waals surface area (Å²) >= 11 is 0. The van der Waals surface area contributed by atoms with Crippen LogP contribution in [-0.2, 0) is 29.1 Å². The van der Waals surface area contributed by atoms with Crippen LogP contribution in [0.15, 0.2) is 72.8 Å². The Morgan fingerprint density at radius 1 is 0.833 bits per heavy atom. The number of phenolic OH excluding ortho intramolecular Hbond substituents is 1. The SMILES string of the molecule is COc1cccc(CN[C@@H](C(=O)N[C@H](C(=O)NCc2ccc(OC)cc2O)C(C)C)[C@H](O)[C@@H](N)Cc2ccccc2)c1. The maximum Gasteiger partial charge on any atom is 0.243 e. The normalized spacial score (nSPS) is 14.0. The highest BCUT2D eigenvalue weighted by Crippen LogP contribution is 2.23. The zero-order valence-electron chi connectivity index (χ0n) is 24.5. The lowest BCUT2D eigenvalue weighted by Gasteiger charge is -2.30. The lowest BCUT2D eigenvalue weighted by molar-refractivity contribution is -0.133. The number of nitrogens with two attached hydrogens (primary N) is 1. The Kier molecular flexibility index (Phi) is 12.2. The van der Waals surface area contributed by atoms with Crippen LogP contribution in [0.4, 0.5) is 0 Å². The number of rotatable bonds is 15. The summed E-state index contributed by atoms with van der Waals surface area (Å²) in [6.07, 6.45) is -0.908. The van der Waals surface area contributed by atoms with Crippen molar-refractivity contribution in [2.75, 3.05) is 14.2 Å². The number of hydrogen-bond acceptors (Lipinski definition) is 8. The Morgan fingerprint density at radius 2 is 1.50 bits per heavy atom. The monoisotopic (exact) mass is 578 g/mol. The third-order valence-electron chi connectivity index (χ3n) is 7.03. The van der Waals surface area contributed by atoms with Crippen LogP contribution in [0.1, 0.15) is 30.5 Å². The molecule has 3 rings (SSSR count). The molecule has 4 atom stereocenters. The smallest absolute Gasteiger partial charge is 0.243 e. The molecule has 3 aromatic rings. The second kappa shape index (κ2) is 15.8. The van der Waals surface area contributed by atoms with E-state index in [9.17, 15) is 19.8 Å². The third kappa shape index (κ3) is 9.20. The molecule has 0 aliphatic carbocycles. The summed E-state index contributed by atoms with van der Waals surface area (Å²) < 4.78 is 10.4. The average Bonchev–Trinajstić information content (AvgIpc) is 2.99. The van der Waals surface area contributed by atoms with Crippen molar-refractivity contribution in [2.24, 2.45) is 11.7 Å². The Balaban J connectivity index is 1.75. The van der Waals surface area contributed by atoms with Gasteiger partial charge >= 0.3 is 0 Å². The number of hydrogen-bond donors (Lipinski definition) is 6. The second-order valence-corrected chi connectivity index (χ2v) is 10.5. The summed E-state index contributed by atoms with van der Waals surface area (Å²) in [5.41, 5.74) is 8.67. The lowest BCUT2D eigenvalue weighted by Crippen LogP contribution is -2.60. The van der Waals surface area contributed by atoms with Crippen LogP contribution >= 0.6 is 0 Å². The number of phenols is 1. The minimum Gasteiger partial charge on any atom is -0.507 e. The molecule has 0 heterocycles. The van der Waals surface area contributed by atoms with Crippen molar-refractivity contribution in [2.45, 2.75) is 57.6 Å². The molecule has 0 bridgehead atoms. The van der Waals surface area contributed by atoms with Gasteiger partial charge < -0.3 is 36.1 Å². The fourth-order valence-electron chi connectivity index (χ4n) is 4.52. The van der Waals surface area contributed by atoms with Gasteiger partial charge in [-0.1, -0.05) is 56.3 Å². The predicted molar refractivity (Wildman–Crippen MR) is 161 cm³/mol. The molecule has 0 spiro atoms. The van der Waals surface area contributed by atoms with Crippen LogP contribution in [0.25, 0.3) is 0 Å². The number of carbonyl (C=O) groups is 2. The van der Waals surface area contributed by atoms with Crippen LogP contribution in [0.3, 0.4) is 0 Å². The Hall–Kier alpha value is -4.12. The molecule has 0 saturated heterocycles. The zero-order chi connectivity index (χ0) is 30.6. The lowest BCUT2D eigenvalue weighted by atomic mass is 9.95. The van der Waals surface area contributed by atoms with E-state index in [1.54, 1.807) is 19.2 Å². The molecule has 10 heteroatoms. The Morgan fingerprint density at radius 3 is 2.14 bits per heavy atom. The number of amides is 2. The summed E-state index contributed by atoms with van der Waals surface area (Å²) in [5.74, 6) is -0.120. The first-order valence-corrected chi connectivity index (χ1v) is 13.9. The van der Waals surface area contributed by atoms with E-state index < -0.39 is 36.0 Å². The van der Waals surface area contributed by atoms with Gasteiger partial charge in [0.25, 0.3) is 0 Å². The van der Waals surface area contributed by atoms with Crippen LogP contribution in [0, 0.1) is 5.92 Å². The number of aliphatic hydroxyl groups excluding tert-OH is 1. The van der Waals surface area contributed by atoms with E-state index >= 15 is 0 Å². The quantitative estimate of drug-likeness (QED) is 0.160. The number of ether oxygens (including phenoxy) is 2. The van der Waals surface area contributed by atoms with Crippen molar-refractivity contribution in [3.05, 3.63) is 89.5 Å². The van der Waals surface area contributed by atoms with Crippen LogP contribution in [0.2, 0.25) is 0 Å². The fourth-order valence-corrected chi connectivity index (χ4v) is 4.52. The average molecular weight is 579 g/mol. The van der Waals surface area contributed by atoms with Crippen molar-refractivity contribution < 1.29 is 29.3 Å². The first-order valence-electron chi connectivity index (χ1n) is 13.9. The van der Waals surface area contributed by atoms with Gasteiger partial charge in [-0.25, -0.2) is 0 Å². The zero-order valence-corrected chi connectivity index (χ0v) is 24.5. The highest BCUT2D eigenvalue weighted by Gasteiger charge is 2.34. The molecule has 226 valence electrons. The maximum absolute atomic E-state index is 13.7. The molecule has 2 amide bonds. The second-order valence-electron chi connectivity index (χ2n) is 10.5. The third-order valence-corrected chi connectivity index (χ3v) is 7.03. The minimum absolute atomic E-state index is 0.0166. The van der Waals surface area contributed by atoms with Crippen molar-refractivity contribution in [3.63, 3.8) is 0 Å². The van der Waals surface area contributed by atoms with E-state index in [0.717, 1.165) is 11.1 Å². The standard InChI is InChI=1S/C32H42N4O6/c1-20(2)28(31(39)35-19-23-13-14-25(42-4)17-27(23)37)36-32(40)29(34-18-22-11-8-12-24(15-22)41-3)30(38)26(33)16-21-9-6-5-7-10-21/h5-15,17,20,26,28-30,34,37-38H,16,18-19,33H2,1-4H3,(H,35,39)(H,36,40)/t26-,28-,29+,30+/m0/s1. The fraction of sp³-hybridized carbons (Fsp3) is 0.375. The summed E-state index contributed by atoms with van der Waals surface area (Å²) in [7, 11) is 3.07. The van der Waals surface area contributed by atoms with Gasteiger partial charge in [-0.05, 0) is 47.7 Å². The molecule has 0 aliphatic rings. The molecular weight excluding hydrogens is 536 g/mol. The molecule has 0 radical (unpaired) electrons. The number of carbonyl (C=O) groups excluding carboxylic acids is 2. The van der Waals surface area contributed by atoms with E-state index in [-0.39, 0.29) is 24.8 Å². The molecule has 0 aromatic heterocycles. The highest BCUT2D eigenvalue weighted by molar-refractivity contribution is 5.90. The molecule has 0 unspecified atom stereocenters. The van der Waals surface area contributed by atoms with Gasteiger partial charge in [0.15, 0.2) is 0 Å². The molecule has 42 heavy (non-hydrogen) atoms. The first-order chi connectivity index (χ1) is 20.1. The van der Waals surface area contributed by atoms with Gasteiger partial charge in [0, 0.05) is 30.8 Å². The largest absolute Gasteiger partial charge is 0.507 e. The highest BCUT2D eigenvalue weighted by atomic mass is 16.5. The van der Waals surface area contributed by atoms with E-state index in [2.05, 4.69) is 16.0 Å². The topological polar surface area (TPSA) is 155 Å². The molecule has 7 N–H and O–H groups in total. The van der Waals surface area contributed by atoms with Crippen molar-refractivity contribution in [3.8, 4) is 17.2 Å². The number of methoxy groups -OCH3 is 2.